The fourth-order valence-electron chi connectivity index (χ4n) is 8.69. The molecule has 316 valence electrons. The zero-order valence-corrected chi connectivity index (χ0v) is 33.4. The van der Waals surface area contributed by atoms with Crippen molar-refractivity contribution in [2.45, 2.75) is 28.8 Å². The van der Waals surface area contributed by atoms with Gasteiger partial charge in [0.1, 0.15) is 22.6 Å². The summed E-state index contributed by atoms with van der Waals surface area (Å²) in [6, 6.07) is 57.7. The summed E-state index contributed by atoms with van der Waals surface area (Å²) in [5.41, 5.74) is -7.19. The summed E-state index contributed by atoms with van der Waals surface area (Å²) in [4.78, 5) is 0. The number of alkyl halides is 6. The van der Waals surface area contributed by atoms with Gasteiger partial charge >= 0.3 is 12.4 Å². The van der Waals surface area contributed by atoms with Crippen LogP contribution >= 0.6 is 0 Å². The molecule has 0 bridgehead atoms. The van der Waals surface area contributed by atoms with E-state index in [4.69, 9.17) is 0 Å². The number of aromatic hydroxyl groups is 2. The highest BCUT2D eigenvalue weighted by atomic mass is 19.4. The minimum atomic E-state index is -6.02. The van der Waals surface area contributed by atoms with Crippen LogP contribution in [0.15, 0.2) is 218 Å². The Morgan fingerprint density at radius 1 is 0.286 bits per heavy atom. The number of nitrogens with one attached hydrogen (secondary N) is 2. The van der Waals surface area contributed by atoms with Crippen LogP contribution in [0.1, 0.15) is 44.5 Å². The molecular weight excluding hydrogens is 811 g/mol. The Morgan fingerprint density at radius 3 is 0.714 bits per heavy atom. The first-order valence-electron chi connectivity index (χ1n) is 20.0. The second-order valence-electron chi connectivity index (χ2n) is 15.2. The van der Waals surface area contributed by atoms with Gasteiger partial charge in [-0.15, -0.1) is 0 Å². The summed E-state index contributed by atoms with van der Waals surface area (Å²) in [6.45, 7) is 0. The highest BCUT2D eigenvalue weighted by Crippen LogP contribution is 2.58. The highest BCUT2D eigenvalue weighted by Gasteiger charge is 2.72. The van der Waals surface area contributed by atoms with E-state index in [0.717, 1.165) is 12.1 Å². The first-order chi connectivity index (χ1) is 30.3. The molecule has 0 aromatic heterocycles. The molecule has 0 aliphatic carbocycles. The predicted molar refractivity (Wildman–Crippen MR) is 235 cm³/mol. The van der Waals surface area contributed by atoms with Gasteiger partial charge in [-0.3, -0.25) is 0 Å². The Bertz CT molecular complexity index is 2380. The predicted octanol–water partition coefficient (Wildman–Crippen LogP) is 13.3. The van der Waals surface area contributed by atoms with Crippen LogP contribution in [-0.2, 0) is 16.5 Å². The Hall–Kier alpha value is -7.46. The Kier molecular flexibility index (Phi) is 11.2. The molecule has 0 atom stereocenters. The monoisotopic (exact) mass is 850 g/mol. The normalized spacial score (nSPS) is 12.4. The van der Waals surface area contributed by atoms with Crippen molar-refractivity contribution >= 4 is 11.4 Å². The molecule has 8 aromatic rings. The SMILES string of the molecule is Oc1ccc(C(c2ccc(O)c(NC(c3ccccc3)(c3ccccc3)c3ccccc3)c2)(C(F)(F)F)C(F)(F)F)cc1NC(c1ccccc1)(c1ccccc1)c1ccccc1. The average Bonchev–Trinajstić information content (AvgIpc) is 3.30. The van der Waals surface area contributed by atoms with Gasteiger partial charge in [-0.05, 0) is 68.8 Å². The average molecular weight is 851 g/mol. The molecule has 0 fully saturated rings. The third-order valence-corrected chi connectivity index (χ3v) is 11.6. The van der Waals surface area contributed by atoms with Crippen LogP contribution in [0.3, 0.4) is 0 Å². The van der Waals surface area contributed by atoms with Crippen molar-refractivity contribution < 1.29 is 36.6 Å². The first-order valence-corrected chi connectivity index (χ1v) is 20.0. The topological polar surface area (TPSA) is 64.5 Å². The van der Waals surface area contributed by atoms with Crippen molar-refractivity contribution in [3.8, 4) is 11.5 Å². The van der Waals surface area contributed by atoms with Crippen molar-refractivity contribution in [2.75, 3.05) is 10.6 Å². The minimum absolute atomic E-state index is 0.393. The molecular formula is C53H40F6N2O2. The van der Waals surface area contributed by atoms with E-state index in [1.807, 2.05) is 0 Å². The van der Waals surface area contributed by atoms with Crippen molar-refractivity contribution in [2.24, 2.45) is 0 Å². The van der Waals surface area contributed by atoms with Gasteiger partial charge in [0, 0.05) is 0 Å². The second kappa shape index (κ2) is 16.8. The van der Waals surface area contributed by atoms with Crippen LogP contribution < -0.4 is 10.6 Å². The minimum Gasteiger partial charge on any atom is -0.506 e. The van der Waals surface area contributed by atoms with Gasteiger partial charge < -0.3 is 20.8 Å². The van der Waals surface area contributed by atoms with Crippen LogP contribution in [0.5, 0.6) is 11.5 Å². The molecule has 0 aliphatic heterocycles. The summed E-state index contributed by atoms with van der Waals surface area (Å²) in [6.07, 6.45) is -12.0. The lowest BCUT2D eigenvalue weighted by Crippen LogP contribution is -2.54. The van der Waals surface area contributed by atoms with Crippen molar-refractivity contribution in [3.63, 3.8) is 0 Å². The third-order valence-electron chi connectivity index (χ3n) is 11.6. The van der Waals surface area contributed by atoms with Crippen LogP contribution in [0.4, 0.5) is 37.7 Å². The van der Waals surface area contributed by atoms with E-state index in [1.54, 1.807) is 182 Å². The summed E-state index contributed by atoms with van der Waals surface area (Å²) in [7, 11) is 0. The molecule has 8 rings (SSSR count). The van der Waals surface area contributed by atoms with E-state index < -0.39 is 62.8 Å². The van der Waals surface area contributed by atoms with Crippen LogP contribution in [0.25, 0.3) is 0 Å². The summed E-state index contributed by atoms with van der Waals surface area (Å²) in [5, 5.41) is 29.4. The second-order valence-corrected chi connectivity index (χ2v) is 15.2. The van der Waals surface area contributed by atoms with E-state index in [0.29, 0.717) is 57.6 Å². The first kappa shape index (κ1) is 42.2. The van der Waals surface area contributed by atoms with Crippen molar-refractivity contribution in [1.82, 2.24) is 0 Å². The van der Waals surface area contributed by atoms with Gasteiger partial charge in [0.25, 0.3) is 0 Å². The van der Waals surface area contributed by atoms with Gasteiger partial charge in [-0.2, -0.15) is 26.3 Å². The van der Waals surface area contributed by atoms with Gasteiger partial charge in [0.2, 0.25) is 5.41 Å². The Labute approximate surface area is 360 Å². The maximum absolute atomic E-state index is 16.1. The zero-order valence-electron chi connectivity index (χ0n) is 33.4. The number of phenols is 2. The lowest BCUT2D eigenvalue weighted by molar-refractivity contribution is -0.288. The number of phenolic OH excluding ortho intramolecular Hbond substituents is 2. The maximum atomic E-state index is 16.1. The van der Waals surface area contributed by atoms with Crippen LogP contribution in [-0.4, -0.2) is 22.6 Å². The number of rotatable bonds is 12. The fraction of sp³-hybridized carbons (Fsp3) is 0.0943. The molecule has 0 radical (unpaired) electrons. The molecule has 0 aliphatic rings. The maximum Gasteiger partial charge on any atom is 0.411 e. The lowest BCUT2D eigenvalue weighted by atomic mass is 9.72. The molecule has 0 unspecified atom stereocenters. The number of benzene rings is 8. The standard InChI is InChI=1S/C53H40F6N2O2/c54-52(55,56)51(53(57,58)59,43-31-33-47(62)45(35-43)60-49(37-19-7-1-8-20-37,38-21-9-2-10-22-38)39-23-11-3-12-24-39)44-32-34-48(63)46(36-44)61-50(40-25-13-4-14-26-40,41-27-15-5-16-28-41)42-29-17-6-18-30-42/h1-36,60-63H. The van der Waals surface area contributed by atoms with E-state index in [9.17, 15) is 10.2 Å². The summed E-state index contributed by atoms with van der Waals surface area (Å²) in [5.74, 6) is -1.17. The lowest BCUT2D eigenvalue weighted by Gasteiger charge is -2.41. The van der Waals surface area contributed by atoms with E-state index >= 15 is 26.3 Å². The van der Waals surface area contributed by atoms with Crippen molar-refractivity contribution in [3.05, 3.63) is 263 Å². The van der Waals surface area contributed by atoms with Gasteiger partial charge in [-0.1, -0.05) is 194 Å². The zero-order chi connectivity index (χ0) is 44.3. The van der Waals surface area contributed by atoms with E-state index in [-0.39, 0.29) is 0 Å². The molecule has 0 saturated heterocycles. The number of halogens is 6. The largest absolute Gasteiger partial charge is 0.506 e. The third kappa shape index (κ3) is 7.41. The van der Waals surface area contributed by atoms with Crippen LogP contribution in [0, 0.1) is 0 Å². The van der Waals surface area contributed by atoms with Gasteiger partial charge in [0.15, 0.2) is 0 Å². The molecule has 0 saturated carbocycles. The smallest absolute Gasteiger partial charge is 0.411 e. The Balaban J connectivity index is 1.36. The van der Waals surface area contributed by atoms with Crippen molar-refractivity contribution in [1.29, 1.82) is 0 Å². The fourth-order valence-corrected chi connectivity index (χ4v) is 8.69. The number of anilines is 2. The molecule has 4 nitrogen and oxygen atoms in total. The summed E-state index contributed by atoms with van der Waals surface area (Å²) >= 11 is 0. The van der Waals surface area contributed by atoms with E-state index in [1.165, 1.54) is 0 Å². The van der Waals surface area contributed by atoms with Crippen LogP contribution in [0.2, 0.25) is 0 Å². The molecule has 0 spiro atoms. The quantitative estimate of drug-likeness (QED) is 0.0562. The molecule has 0 heterocycles. The Morgan fingerprint density at radius 2 is 0.508 bits per heavy atom. The molecule has 63 heavy (non-hydrogen) atoms. The molecule has 0 amide bonds. The molecule has 8 aromatic carbocycles. The van der Waals surface area contributed by atoms with E-state index in [2.05, 4.69) is 10.6 Å². The number of hydrogen-bond donors (Lipinski definition) is 4. The van der Waals surface area contributed by atoms with Gasteiger partial charge in [0.05, 0.1) is 11.4 Å². The van der Waals surface area contributed by atoms with Gasteiger partial charge in [-0.25, -0.2) is 0 Å². The summed E-state index contributed by atoms with van der Waals surface area (Å²) < 4.78 is 96.5. The highest BCUT2D eigenvalue weighted by molar-refractivity contribution is 5.70. The molecule has 10 heteroatoms. The molecule has 4 N–H and O–H groups in total. The number of hydrogen-bond acceptors (Lipinski definition) is 4.